The predicted molar refractivity (Wildman–Crippen MR) is 125 cm³/mol. The summed E-state index contributed by atoms with van der Waals surface area (Å²) in [5, 5.41) is 0.102. The van der Waals surface area contributed by atoms with Crippen molar-refractivity contribution in [2.75, 3.05) is 13.2 Å². The van der Waals surface area contributed by atoms with Crippen LogP contribution in [0.3, 0.4) is 0 Å². The van der Waals surface area contributed by atoms with E-state index in [9.17, 15) is 4.79 Å². The van der Waals surface area contributed by atoms with Crippen LogP contribution < -0.4 is 0 Å². The fourth-order valence-electron chi connectivity index (χ4n) is 3.50. The minimum absolute atomic E-state index is 0.0387. The molecule has 0 unspecified atom stereocenters. The van der Waals surface area contributed by atoms with Crippen molar-refractivity contribution in [2.24, 2.45) is 11.8 Å². The second-order valence-corrected chi connectivity index (χ2v) is 15.4. The zero-order valence-corrected chi connectivity index (χ0v) is 22.3. The molecule has 0 aromatic carbocycles. The van der Waals surface area contributed by atoms with Gasteiger partial charge in [0.2, 0.25) is 0 Å². The summed E-state index contributed by atoms with van der Waals surface area (Å²) < 4.78 is 24.3. The number of ether oxygens (including phenoxy) is 3. The van der Waals surface area contributed by atoms with Gasteiger partial charge in [0, 0.05) is 11.5 Å². The lowest BCUT2D eigenvalue weighted by Gasteiger charge is -2.45. The molecule has 1 aliphatic rings. The maximum Gasteiger partial charge on any atom is 0.333 e. The Morgan fingerprint density at radius 3 is 2.37 bits per heavy atom. The summed E-state index contributed by atoms with van der Waals surface area (Å²) in [6.45, 7) is 24.3. The molecule has 176 valence electrons. The van der Waals surface area contributed by atoms with Gasteiger partial charge in [0.05, 0.1) is 25.4 Å². The molecule has 1 heterocycles. The van der Waals surface area contributed by atoms with E-state index < -0.39 is 14.1 Å². The lowest BCUT2D eigenvalue weighted by Crippen LogP contribution is -2.50. The first-order valence-corrected chi connectivity index (χ1v) is 14.4. The molecule has 4 atom stereocenters. The highest BCUT2D eigenvalue weighted by Gasteiger charge is 2.43. The first-order valence-electron chi connectivity index (χ1n) is 11.5. The summed E-state index contributed by atoms with van der Waals surface area (Å²) in [4.78, 5) is 12.2. The normalized spacial score (nSPS) is 25.0. The van der Waals surface area contributed by atoms with Crippen molar-refractivity contribution in [2.45, 2.75) is 111 Å². The molecule has 0 aromatic rings. The van der Waals surface area contributed by atoms with Gasteiger partial charge in [0.1, 0.15) is 0 Å². The molecule has 0 amide bonds. The summed E-state index contributed by atoms with van der Waals surface area (Å²) >= 11 is 0. The Kier molecular flexibility index (Phi) is 9.80. The predicted octanol–water partition coefficient (Wildman–Crippen LogP) is 6.09. The molecule has 1 saturated heterocycles. The summed E-state index contributed by atoms with van der Waals surface area (Å²) in [7, 11) is -2.01. The number of hydrogen-bond donors (Lipinski definition) is 0. The molecule has 0 aliphatic carbocycles. The van der Waals surface area contributed by atoms with Gasteiger partial charge in [-0.2, -0.15) is 0 Å². The van der Waals surface area contributed by atoms with Crippen LogP contribution in [0.15, 0.2) is 11.6 Å². The highest BCUT2D eigenvalue weighted by atomic mass is 28.4. The minimum Gasteiger partial charge on any atom is -0.463 e. The van der Waals surface area contributed by atoms with E-state index in [1.165, 1.54) is 0 Å². The van der Waals surface area contributed by atoms with Gasteiger partial charge in [0.25, 0.3) is 0 Å². The van der Waals surface area contributed by atoms with E-state index in [-0.39, 0.29) is 29.1 Å². The fraction of sp³-hybridized carbons (Fsp3) is 0.875. The molecule has 0 bridgehead atoms. The average Bonchev–Trinajstić information content (AvgIpc) is 2.59. The molecule has 0 saturated carbocycles. The summed E-state index contributed by atoms with van der Waals surface area (Å²) in [6.07, 6.45) is 3.81. The van der Waals surface area contributed by atoms with Crippen LogP contribution in [-0.2, 0) is 23.4 Å². The Hall–Kier alpha value is -0.693. The lowest BCUT2D eigenvalue weighted by atomic mass is 9.89. The van der Waals surface area contributed by atoms with Crippen LogP contribution in [0.2, 0.25) is 18.1 Å². The second-order valence-electron chi connectivity index (χ2n) is 10.6. The molecule has 0 N–H and O–H groups in total. The van der Waals surface area contributed by atoms with Gasteiger partial charge in [-0.25, -0.2) is 4.79 Å². The van der Waals surface area contributed by atoms with Gasteiger partial charge in [-0.3, -0.25) is 0 Å². The molecule has 1 fully saturated rings. The SMILES string of the molecule is CCOC(=O)/C(C)=C/[C@@H](C)[C@@H](C[C@H]1OC(C)(C)OC[C@H]1CC)O[Si](C)(C)C(C)(C)C. The maximum absolute atomic E-state index is 12.2. The topological polar surface area (TPSA) is 54.0 Å². The maximum atomic E-state index is 12.2. The largest absolute Gasteiger partial charge is 0.463 e. The molecule has 0 spiro atoms. The minimum atomic E-state index is -2.01. The third kappa shape index (κ3) is 7.77. The van der Waals surface area contributed by atoms with Gasteiger partial charge in [-0.05, 0) is 64.6 Å². The molecular formula is C24H46O5Si. The number of carbonyl (C=O) groups excluding carboxylic acids is 1. The van der Waals surface area contributed by atoms with Crippen molar-refractivity contribution in [1.29, 1.82) is 0 Å². The summed E-state index contributed by atoms with van der Waals surface area (Å²) in [5.41, 5.74) is 0.633. The standard InChI is InChI=1S/C24H46O5Si/c1-12-19-16-27-24(8,9)28-21(19)15-20(29-30(10,11)23(5,6)7)17(3)14-18(4)22(25)26-13-2/h14,17,19-21H,12-13,15-16H2,1-11H3/b18-14+/t17-,19-,20-,21-/m1/s1. The third-order valence-electron chi connectivity index (χ3n) is 6.54. The van der Waals surface area contributed by atoms with Crippen molar-refractivity contribution in [3.05, 3.63) is 11.6 Å². The van der Waals surface area contributed by atoms with Crippen molar-refractivity contribution in [3.8, 4) is 0 Å². The number of carbonyl (C=O) groups is 1. The Labute approximate surface area is 186 Å². The highest BCUT2D eigenvalue weighted by Crippen LogP contribution is 2.40. The van der Waals surface area contributed by atoms with Crippen LogP contribution in [0.4, 0.5) is 0 Å². The van der Waals surface area contributed by atoms with Crippen LogP contribution in [-0.4, -0.2) is 45.5 Å². The van der Waals surface area contributed by atoms with Crippen LogP contribution >= 0.6 is 0 Å². The quantitative estimate of drug-likeness (QED) is 0.246. The number of rotatable bonds is 9. The molecule has 0 aromatic heterocycles. The lowest BCUT2D eigenvalue weighted by molar-refractivity contribution is -0.297. The van der Waals surface area contributed by atoms with Crippen LogP contribution in [0, 0.1) is 11.8 Å². The van der Waals surface area contributed by atoms with E-state index in [0.717, 1.165) is 12.8 Å². The van der Waals surface area contributed by atoms with E-state index in [0.29, 0.717) is 24.7 Å². The Morgan fingerprint density at radius 1 is 1.27 bits per heavy atom. The van der Waals surface area contributed by atoms with E-state index in [2.05, 4.69) is 47.7 Å². The zero-order chi connectivity index (χ0) is 23.3. The number of hydrogen-bond acceptors (Lipinski definition) is 5. The van der Waals surface area contributed by atoms with E-state index >= 15 is 0 Å². The molecule has 5 nitrogen and oxygen atoms in total. The van der Waals surface area contributed by atoms with Gasteiger partial charge in [-0.15, -0.1) is 0 Å². The molecule has 1 aliphatic heterocycles. The Morgan fingerprint density at radius 2 is 1.87 bits per heavy atom. The molecule has 1 rings (SSSR count). The monoisotopic (exact) mass is 442 g/mol. The Bertz CT molecular complexity index is 591. The van der Waals surface area contributed by atoms with Crippen LogP contribution in [0.1, 0.15) is 75.2 Å². The van der Waals surface area contributed by atoms with Crippen LogP contribution in [0.25, 0.3) is 0 Å². The summed E-state index contributed by atoms with van der Waals surface area (Å²) in [6, 6.07) is 0. The van der Waals surface area contributed by atoms with E-state index in [1.54, 1.807) is 0 Å². The van der Waals surface area contributed by atoms with Gasteiger partial charge in [-0.1, -0.05) is 40.7 Å². The van der Waals surface area contributed by atoms with Crippen molar-refractivity contribution >= 4 is 14.3 Å². The van der Waals surface area contributed by atoms with Gasteiger partial charge in [0.15, 0.2) is 14.1 Å². The van der Waals surface area contributed by atoms with Crippen LogP contribution in [0.5, 0.6) is 0 Å². The van der Waals surface area contributed by atoms with Gasteiger partial charge >= 0.3 is 5.97 Å². The number of esters is 1. The molecule has 6 heteroatoms. The zero-order valence-electron chi connectivity index (χ0n) is 21.3. The fourth-order valence-corrected chi connectivity index (χ4v) is 4.92. The molecule has 0 radical (unpaired) electrons. The first-order chi connectivity index (χ1) is 13.6. The van der Waals surface area contributed by atoms with Crippen molar-refractivity contribution in [1.82, 2.24) is 0 Å². The highest BCUT2D eigenvalue weighted by molar-refractivity contribution is 6.74. The Balaban J connectivity index is 3.16. The first kappa shape index (κ1) is 27.3. The van der Waals surface area contributed by atoms with Crippen molar-refractivity contribution < 1.29 is 23.4 Å². The average molecular weight is 443 g/mol. The van der Waals surface area contributed by atoms with E-state index in [4.69, 9.17) is 18.6 Å². The molecule has 30 heavy (non-hydrogen) atoms. The summed E-state index contributed by atoms with van der Waals surface area (Å²) in [5.74, 6) is -0.440. The second kappa shape index (κ2) is 10.8. The molecular weight excluding hydrogens is 396 g/mol. The smallest absolute Gasteiger partial charge is 0.333 e. The van der Waals surface area contributed by atoms with Gasteiger partial charge < -0.3 is 18.6 Å². The third-order valence-corrected chi connectivity index (χ3v) is 11.0. The van der Waals surface area contributed by atoms with Crippen molar-refractivity contribution in [3.63, 3.8) is 0 Å². The van der Waals surface area contributed by atoms with E-state index in [1.807, 2.05) is 33.8 Å².